The molecule has 1 N–H and O–H groups in total. The molecule has 21 heavy (non-hydrogen) atoms. The summed E-state index contributed by atoms with van der Waals surface area (Å²) in [5.41, 5.74) is 0.743. The fourth-order valence-corrected chi connectivity index (χ4v) is 5.61. The Labute approximate surface area is 122 Å². The Hall–Kier alpha value is -1.52. The Morgan fingerprint density at radius 2 is 2.10 bits per heavy atom. The van der Waals surface area contributed by atoms with E-state index >= 15 is 0 Å². The number of hydrogen-bond donors (Lipinski definition) is 1. The van der Waals surface area contributed by atoms with Crippen LogP contribution >= 0.6 is 0 Å². The summed E-state index contributed by atoms with van der Waals surface area (Å²) >= 11 is 0. The molecular weight excluding hydrogens is 316 g/mol. The first-order valence-corrected chi connectivity index (χ1v) is 9.60. The van der Waals surface area contributed by atoms with Crippen LogP contribution in [0.3, 0.4) is 0 Å². The summed E-state index contributed by atoms with van der Waals surface area (Å²) in [7, 11) is -5.38. The van der Waals surface area contributed by atoms with E-state index in [1.807, 2.05) is 0 Å². The Bertz CT molecular complexity index is 901. The number of nitrogens with zero attached hydrogens (tertiary/aromatic N) is 3. The highest BCUT2D eigenvalue weighted by atomic mass is 32.2. The second-order valence-electron chi connectivity index (χ2n) is 5.03. The Morgan fingerprint density at radius 3 is 2.76 bits per heavy atom. The fraction of sp³-hybridized carbons (Fsp3) is 0.455. The van der Waals surface area contributed by atoms with Crippen molar-refractivity contribution in [3.63, 3.8) is 0 Å². The van der Waals surface area contributed by atoms with Crippen LogP contribution in [0.2, 0.25) is 0 Å². The molecule has 1 aromatic carbocycles. The highest BCUT2D eigenvalue weighted by Gasteiger charge is 2.32. The zero-order valence-corrected chi connectivity index (χ0v) is 12.9. The quantitative estimate of drug-likeness (QED) is 0.807. The molecule has 0 bridgehead atoms. The van der Waals surface area contributed by atoms with Crippen LogP contribution in [0.15, 0.2) is 23.1 Å². The van der Waals surface area contributed by atoms with Crippen molar-refractivity contribution in [1.29, 1.82) is 0 Å². The van der Waals surface area contributed by atoms with Gasteiger partial charge in [0.15, 0.2) is 9.84 Å². The van der Waals surface area contributed by atoms with Crippen LogP contribution in [0, 0.1) is 0 Å². The largest absolute Gasteiger partial charge is 0.243 e. The lowest BCUT2D eigenvalue weighted by molar-refractivity contribution is 0.563. The third kappa shape index (κ3) is 2.78. The van der Waals surface area contributed by atoms with Crippen molar-refractivity contribution >= 4 is 30.9 Å². The van der Waals surface area contributed by atoms with Crippen LogP contribution in [0.25, 0.3) is 11.0 Å². The third-order valence-electron chi connectivity index (χ3n) is 3.32. The van der Waals surface area contributed by atoms with Gasteiger partial charge in [-0.1, -0.05) is 6.07 Å². The summed E-state index contributed by atoms with van der Waals surface area (Å²) in [6.07, 6.45) is 0.290. The van der Waals surface area contributed by atoms with Gasteiger partial charge in [0.2, 0.25) is 10.0 Å². The molecule has 2 heterocycles. The van der Waals surface area contributed by atoms with Crippen molar-refractivity contribution in [2.75, 3.05) is 11.5 Å². The van der Waals surface area contributed by atoms with E-state index in [0.717, 1.165) is 0 Å². The molecule has 10 heteroatoms. The van der Waals surface area contributed by atoms with Crippen molar-refractivity contribution in [1.82, 2.24) is 19.7 Å². The van der Waals surface area contributed by atoms with Gasteiger partial charge in [-0.15, -0.1) is 0 Å². The fourth-order valence-electron chi connectivity index (χ4n) is 2.40. The van der Waals surface area contributed by atoms with Gasteiger partial charge in [0.25, 0.3) is 0 Å². The van der Waals surface area contributed by atoms with Crippen molar-refractivity contribution in [2.45, 2.75) is 17.4 Å². The number of sulfonamides is 1. The summed E-state index contributed by atoms with van der Waals surface area (Å²) in [5.74, 6) is -0.155. The molecule has 1 saturated heterocycles. The predicted octanol–water partition coefficient (Wildman–Crippen LogP) is -0.566. The predicted molar refractivity (Wildman–Crippen MR) is 75.9 cm³/mol. The van der Waals surface area contributed by atoms with Gasteiger partial charge in [-0.2, -0.15) is 15.0 Å². The molecule has 0 saturated carbocycles. The van der Waals surface area contributed by atoms with Gasteiger partial charge in [-0.25, -0.2) is 21.6 Å². The van der Waals surface area contributed by atoms with E-state index in [1.165, 1.54) is 10.9 Å². The highest BCUT2D eigenvalue weighted by Crippen LogP contribution is 2.21. The molecule has 1 aromatic heterocycles. The first-order chi connectivity index (χ1) is 9.77. The van der Waals surface area contributed by atoms with Crippen LogP contribution in [-0.4, -0.2) is 49.4 Å². The van der Waals surface area contributed by atoms with Crippen LogP contribution in [0.5, 0.6) is 0 Å². The van der Waals surface area contributed by atoms with Gasteiger partial charge in [0.05, 0.1) is 11.5 Å². The van der Waals surface area contributed by atoms with Gasteiger partial charge < -0.3 is 0 Å². The lowest BCUT2D eigenvalue weighted by Gasteiger charge is -2.11. The first kappa shape index (κ1) is 14.4. The maximum absolute atomic E-state index is 12.4. The SMILES string of the molecule is Cn1nc2cccc(S(=O)(=O)N[C@H]3CCS(=O)(=O)C3)c2n1. The van der Waals surface area contributed by atoms with E-state index in [1.54, 1.807) is 19.2 Å². The summed E-state index contributed by atoms with van der Waals surface area (Å²) in [4.78, 5) is 1.31. The topological polar surface area (TPSA) is 111 Å². The number of hydrogen-bond acceptors (Lipinski definition) is 6. The van der Waals surface area contributed by atoms with E-state index in [4.69, 9.17) is 0 Å². The molecule has 114 valence electrons. The molecule has 1 aliphatic rings. The van der Waals surface area contributed by atoms with E-state index in [9.17, 15) is 16.8 Å². The van der Waals surface area contributed by atoms with Crippen LogP contribution in [0.1, 0.15) is 6.42 Å². The maximum atomic E-state index is 12.4. The minimum Gasteiger partial charge on any atom is -0.229 e. The number of benzene rings is 1. The standard InChI is InChI=1S/C11H14N4O4S2/c1-15-12-9-3-2-4-10(11(9)13-15)21(18,19)14-8-5-6-20(16,17)7-8/h2-4,8,14H,5-7H2,1H3/t8-/m0/s1. The number of aromatic nitrogens is 3. The van der Waals surface area contributed by atoms with E-state index in [-0.39, 0.29) is 28.3 Å². The highest BCUT2D eigenvalue weighted by molar-refractivity contribution is 7.92. The molecule has 3 rings (SSSR count). The molecular formula is C11H14N4O4S2. The van der Waals surface area contributed by atoms with Crippen molar-refractivity contribution in [2.24, 2.45) is 7.05 Å². The maximum Gasteiger partial charge on any atom is 0.243 e. The zero-order chi connectivity index (χ0) is 15.3. The lowest BCUT2D eigenvalue weighted by Crippen LogP contribution is -2.35. The third-order valence-corrected chi connectivity index (χ3v) is 6.64. The molecule has 0 aliphatic carbocycles. The van der Waals surface area contributed by atoms with Crippen molar-refractivity contribution < 1.29 is 16.8 Å². The Balaban J connectivity index is 1.97. The van der Waals surface area contributed by atoms with E-state index in [0.29, 0.717) is 5.52 Å². The summed E-state index contributed by atoms with van der Waals surface area (Å²) in [6, 6.07) is 4.09. The molecule has 0 amide bonds. The smallest absolute Gasteiger partial charge is 0.229 e. The molecule has 0 unspecified atom stereocenters. The summed E-state index contributed by atoms with van der Waals surface area (Å²) in [5, 5.41) is 8.11. The van der Waals surface area contributed by atoms with Gasteiger partial charge in [0, 0.05) is 13.1 Å². The van der Waals surface area contributed by atoms with Crippen LogP contribution < -0.4 is 4.72 Å². The van der Waals surface area contributed by atoms with Gasteiger partial charge >= 0.3 is 0 Å². The van der Waals surface area contributed by atoms with Gasteiger partial charge in [-0.3, -0.25) is 0 Å². The number of fused-ring (bicyclic) bond motifs is 1. The zero-order valence-electron chi connectivity index (χ0n) is 11.2. The molecule has 1 atom stereocenters. The number of rotatable bonds is 3. The number of aryl methyl sites for hydroxylation is 1. The average Bonchev–Trinajstić information content (AvgIpc) is 2.89. The Kier molecular flexibility index (Phi) is 3.26. The summed E-state index contributed by atoms with van der Waals surface area (Å²) < 4.78 is 50.2. The van der Waals surface area contributed by atoms with Crippen molar-refractivity contribution in [3.8, 4) is 0 Å². The molecule has 1 aliphatic heterocycles. The number of sulfone groups is 1. The Morgan fingerprint density at radius 1 is 1.33 bits per heavy atom. The second-order valence-corrected chi connectivity index (χ2v) is 8.95. The lowest BCUT2D eigenvalue weighted by atomic mass is 10.3. The number of nitrogens with one attached hydrogen (secondary N) is 1. The van der Waals surface area contributed by atoms with Crippen LogP contribution in [0.4, 0.5) is 0 Å². The van der Waals surface area contributed by atoms with Gasteiger partial charge in [-0.05, 0) is 18.6 Å². The normalized spacial score (nSPS) is 21.9. The van der Waals surface area contributed by atoms with Crippen molar-refractivity contribution in [3.05, 3.63) is 18.2 Å². The van der Waals surface area contributed by atoms with Gasteiger partial charge in [0.1, 0.15) is 15.9 Å². The van der Waals surface area contributed by atoms with E-state index in [2.05, 4.69) is 14.9 Å². The molecule has 1 fully saturated rings. The minimum atomic E-state index is -3.84. The minimum absolute atomic E-state index is 0.00945. The molecule has 0 radical (unpaired) electrons. The van der Waals surface area contributed by atoms with Crippen LogP contribution in [-0.2, 0) is 26.9 Å². The average molecular weight is 330 g/mol. The molecule has 0 spiro atoms. The summed E-state index contributed by atoms with van der Waals surface area (Å²) in [6.45, 7) is 0. The second kappa shape index (κ2) is 4.75. The van der Waals surface area contributed by atoms with E-state index < -0.39 is 25.9 Å². The molecule has 8 nitrogen and oxygen atoms in total. The first-order valence-electron chi connectivity index (χ1n) is 6.30. The monoisotopic (exact) mass is 330 g/mol. The molecule has 2 aromatic rings.